The van der Waals surface area contributed by atoms with Crippen molar-refractivity contribution in [3.63, 3.8) is 0 Å². The van der Waals surface area contributed by atoms with Gasteiger partial charge in [-0.05, 0) is 38.1 Å². The maximum atomic E-state index is 10.7. The molecule has 1 aliphatic rings. The van der Waals surface area contributed by atoms with Gasteiger partial charge in [0.25, 0.3) is 0 Å². The number of ether oxygens (including phenoxy) is 1. The van der Waals surface area contributed by atoms with E-state index in [2.05, 4.69) is 4.90 Å². The summed E-state index contributed by atoms with van der Waals surface area (Å²) in [7, 11) is 0. The molecule has 0 bridgehead atoms. The van der Waals surface area contributed by atoms with Gasteiger partial charge in [-0.15, -0.1) is 0 Å². The lowest BCUT2D eigenvalue weighted by molar-refractivity contribution is 0.238. The molecule has 0 saturated carbocycles. The van der Waals surface area contributed by atoms with Crippen LogP contribution < -0.4 is 4.74 Å². The quantitative estimate of drug-likeness (QED) is 0.834. The average Bonchev–Trinajstić information content (AvgIpc) is 2.86. The minimum absolute atomic E-state index is 0.164. The number of likely N-dealkylation sites (tertiary alicyclic amines) is 1. The summed E-state index contributed by atoms with van der Waals surface area (Å²) in [5, 5.41) is 0.529. The molecule has 0 unspecified atom stereocenters. The van der Waals surface area contributed by atoms with Gasteiger partial charge in [-0.3, -0.25) is 9.69 Å². The molecule has 0 N–H and O–H groups in total. The summed E-state index contributed by atoms with van der Waals surface area (Å²) >= 11 is 11.9. The van der Waals surface area contributed by atoms with Crippen LogP contribution >= 0.6 is 23.2 Å². The van der Waals surface area contributed by atoms with E-state index in [1.165, 1.54) is 12.8 Å². The van der Waals surface area contributed by atoms with E-state index in [0.29, 0.717) is 17.4 Å². The van der Waals surface area contributed by atoms with Crippen LogP contribution in [-0.2, 0) is 4.79 Å². The number of carbonyl (C=O) groups excluding carboxylic acids is 1. The van der Waals surface area contributed by atoms with Crippen molar-refractivity contribution in [2.45, 2.75) is 12.8 Å². The van der Waals surface area contributed by atoms with E-state index in [9.17, 15) is 4.79 Å². The SMILES string of the molecule is O=[C]c1c(Cl)ccc(OCCN2CCCC2)c1Cl. The predicted octanol–water partition coefficient (Wildman–Crippen LogP) is 2.93. The van der Waals surface area contributed by atoms with Crippen molar-refractivity contribution in [2.75, 3.05) is 26.2 Å². The standard InChI is InChI=1S/C13H14Cl2NO2/c14-11-3-4-12(13(15)10(11)9-17)18-8-7-16-5-1-2-6-16/h3-4H,1-2,5-8H2. The predicted molar refractivity (Wildman–Crippen MR) is 72.4 cm³/mol. The lowest BCUT2D eigenvalue weighted by atomic mass is 10.2. The number of nitrogens with zero attached hydrogens (tertiary/aromatic N) is 1. The first-order valence-corrected chi connectivity index (χ1v) is 6.69. The van der Waals surface area contributed by atoms with Crippen LogP contribution in [0.1, 0.15) is 18.4 Å². The molecular weight excluding hydrogens is 273 g/mol. The highest BCUT2D eigenvalue weighted by molar-refractivity contribution is 6.39. The third-order valence-electron chi connectivity index (χ3n) is 3.02. The highest BCUT2D eigenvalue weighted by atomic mass is 35.5. The lowest BCUT2D eigenvalue weighted by Crippen LogP contribution is -2.25. The molecule has 0 atom stereocenters. The van der Waals surface area contributed by atoms with Crippen LogP contribution in [0.2, 0.25) is 10.0 Å². The second kappa shape index (κ2) is 6.41. The van der Waals surface area contributed by atoms with Crippen molar-refractivity contribution < 1.29 is 9.53 Å². The zero-order chi connectivity index (χ0) is 13.0. The highest BCUT2D eigenvalue weighted by Crippen LogP contribution is 2.32. The summed E-state index contributed by atoms with van der Waals surface area (Å²) in [6.45, 7) is 3.69. The minimum Gasteiger partial charge on any atom is -0.491 e. The Balaban J connectivity index is 1.94. The maximum absolute atomic E-state index is 10.7. The Morgan fingerprint density at radius 3 is 2.67 bits per heavy atom. The van der Waals surface area contributed by atoms with Crippen molar-refractivity contribution >= 4 is 29.5 Å². The normalized spacial score (nSPS) is 15.9. The van der Waals surface area contributed by atoms with E-state index in [1.54, 1.807) is 18.4 Å². The van der Waals surface area contributed by atoms with E-state index in [-0.39, 0.29) is 10.6 Å². The van der Waals surface area contributed by atoms with Crippen LogP contribution in [-0.4, -0.2) is 37.4 Å². The lowest BCUT2D eigenvalue weighted by Gasteiger charge is -2.15. The van der Waals surface area contributed by atoms with Crippen LogP contribution in [0.4, 0.5) is 0 Å². The van der Waals surface area contributed by atoms with Crippen LogP contribution in [0, 0.1) is 0 Å². The molecule has 2 rings (SSSR count). The Morgan fingerprint density at radius 1 is 1.28 bits per heavy atom. The van der Waals surface area contributed by atoms with Crippen LogP contribution in [0.5, 0.6) is 5.75 Å². The zero-order valence-corrected chi connectivity index (χ0v) is 11.4. The van der Waals surface area contributed by atoms with E-state index < -0.39 is 0 Å². The van der Waals surface area contributed by atoms with Crippen LogP contribution in [0.15, 0.2) is 12.1 Å². The Kier molecular flexibility index (Phi) is 4.87. The molecule has 0 aliphatic carbocycles. The van der Waals surface area contributed by atoms with Gasteiger partial charge in [0.15, 0.2) is 0 Å². The molecule has 1 aromatic rings. The smallest absolute Gasteiger partial charge is 0.236 e. The molecule has 1 radical (unpaired) electrons. The number of hydrogen-bond donors (Lipinski definition) is 0. The Labute approximate surface area is 117 Å². The fourth-order valence-electron chi connectivity index (χ4n) is 2.03. The number of hydrogen-bond acceptors (Lipinski definition) is 3. The monoisotopic (exact) mass is 286 g/mol. The van der Waals surface area contributed by atoms with Gasteiger partial charge in [0.1, 0.15) is 12.4 Å². The number of halogens is 2. The third kappa shape index (κ3) is 3.16. The maximum Gasteiger partial charge on any atom is 0.236 e. The second-order valence-electron chi connectivity index (χ2n) is 4.23. The first-order chi connectivity index (χ1) is 8.72. The van der Waals surface area contributed by atoms with E-state index in [1.807, 2.05) is 0 Å². The van der Waals surface area contributed by atoms with Gasteiger partial charge in [-0.25, -0.2) is 0 Å². The molecule has 1 aromatic carbocycles. The summed E-state index contributed by atoms with van der Waals surface area (Å²) in [5.74, 6) is 0.485. The number of rotatable bonds is 5. The van der Waals surface area contributed by atoms with Crippen molar-refractivity contribution in [1.29, 1.82) is 0 Å². The van der Waals surface area contributed by atoms with Gasteiger partial charge in [0, 0.05) is 6.54 Å². The fourth-order valence-corrected chi connectivity index (χ4v) is 2.53. The first kappa shape index (κ1) is 13.7. The first-order valence-electron chi connectivity index (χ1n) is 5.93. The molecule has 0 spiro atoms. The molecule has 0 amide bonds. The summed E-state index contributed by atoms with van der Waals surface area (Å²) in [6, 6.07) is 3.27. The molecule has 1 fully saturated rings. The minimum atomic E-state index is 0.164. The zero-order valence-electron chi connectivity index (χ0n) is 9.92. The molecule has 3 nitrogen and oxygen atoms in total. The molecule has 18 heavy (non-hydrogen) atoms. The molecule has 1 saturated heterocycles. The number of benzene rings is 1. The van der Waals surface area contributed by atoms with Crippen molar-refractivity contribution in [2.24, 2.45) is 0 Å². The van der Waals surface area contributed by atoms with Crippen molar-refractivity contribution in [3.05, 3.63) is 27.7 Å². The Bertz CT molecular complexity index is 431. The fraction of sp³-hybridized carbons (Fsp3) is 0.462. The second-order valence-corrected chi connectivity index (χ2v) is 5.02. The largest absolute Gasteiger partial charge is 0.491 e. The topological polar surface area (TPSA) is 29.5 Å². The van der Waals surface area contributed by atoms with Gasteiger partial charge in [0.2, 0.25) is 6.29 Å². The molecule has 0 aromatic heterocycles. The van der Waals surface area contributed by atoms with Gasteiger partial charge < -0.3 is 4.74 Å². The van der Waals surface area contributed by atoms with Crippen LogP contribution in [0.25, 0.3) is 0 Å². The third-order valence-corrected chi connectivity index (χ3v) is 3.71. The van der Waals surface area contributed by atoms with Gasteiger partial charge in [-0.2, -0.15) is 0 Å². The Morgan fingerprint density at radius 2 is 2.00 bits per heavy atom. The van der Waals surface area contributed by atoms with Gasteiger partial charge >= 0.3 is 0 Å². The van der Waals surface area contributed by atoms with Gasteiger partial charge in [-0.1, -0.05) is 23.2 Å². The molecule has 1 aliphatic heterocycles. The summed E-state index contributed by atoms with van der Waals surface area (Å²) in [4.78, 5) is 13.1. The van der Waals surface area contributed by atoms with E-state index in [0.717, 1.165) is 19.6 Å². The molecular formula is C13H14Cl2NO2. The van der Waals surface area contributed by atoms with Crippen molar-refractivity contribution in [1.82, 2.24) is 4.90 Å². The van der Waals surface area contributed by atoms with Crippen molar-refractivity contribution in [3.8, 4) is 5.75 Å². The van der Waals surface area contributed by atoms with E-state index >= 15 is 0 Å². The van der Waals surface area contributed by atoms with E-state index in [4.69, 9.17) is 27.9 Å². The Hall–Kier alpha value is -0.770. The molecule has 5 heteroatoms. The molecule has 1 heterocycles. The average molecular weight is 287 g/mol. The van der Waals surface area contributed by atoms with Crippen LogP contribution in [0.3, 0.4) is 0 Å². The molecule has 97 valence electrons. The summed E-state index contributed by atoms with van der Waals surface area (Å²) < 4.78 is 5.59. The summed E-state index contributed by atoms with van der Waals surface area (Å²) in [5.41, 5.74) is 0.164. The highest BCUT2D eigenvalue weighted by Gasteiger charge is 2.14. The summed E-state index contributed by atoms with van der Waals surface area (Å²) in [6.07, 6.45) is 4.24. The van der Waals surface area contributed by atoms with Gasteiger partial charge in [0.05, 0.1) is 15.6 Å².